The quantitative estimate of drug-likeness (QED) is 0.462. The molecule has 0 aromatic carbocycles. The summed E-state index contributed by atoms with van der Waals surface area (Å²) in [4.78, 5) is 11.5. The standard InChI is InChI=1S/C10H14O2/c1-2-3-7-10-8(11)5-4-6-9(10)12-10/h2-3,9H,4-7H2,1H3/b3-2+/t9-,10+/m1/s1. The fraction of sp³-hybridized carbons (Fsp3) is 0.700. The lowest BCUT2D eigenvalue weighted by atomic mass is 9.85. The zero-order chi connectivity index (χ0) is 8.60. The highest BCUT2D eigenvalue weighted by molar-refractivity contribution is 5.91. The largest absolute Gasteiger partial charge is 0.357 e. The minimum atomic E-state index is -0.370. The van der Waals surface area contributed by atoms with E-state index in [0.29, 0.717) is 12.2 Å². The van der Waals surface area contributed by atoms with Gasteiger partial charge in [-0.05, 0) is 19.8 Å². The van der Waals surface area contributed by atoms with Gasteiger partial charge in [-0.1, -0.05) is 12.2 Å². The first-order valence-electron chi connectivity index (χ1n) is 4.62. The van der Waals surface area contributed by atoms with E-state index in [1.165, 1.54) is 0 Å². The van der Waals surface area contributed by atoms with Crippen molar-refractivity contribution in [1.82, 2.24) is 0 Å². The number of fused-ring (bicyclic) bond motifs is 1. The summed E-state index contributed by atoms with van der Waals surface area (Å²) < 4.78 is 5.48. The van der Waals surface area contributed by atoms with Crippen LogP contribution in [0.5, 0.6) is 0 Å². The van der Waals surface area contributed by atoms with Gasteiger partial charge >= 0.3 is 0 Å². The van der Waals surface area contributed by atoms with E-state index < -0.39 is 0 Å². The number of epoxide rings is 1. The van der Waals surface area contributed by atoms with Crippen LogP contribution in [0.2, 0.25) is 0 Å². The summed E-state index contributed by atoms with van der Waals surface area (Å²) in [6.07, 6.45) is 7.85. The van der Waals surface area contributed by atoms with Crippen LogP contribution >= 0.6 is 0 Å². The van der Waals surface area contributed by atoms with Crippen molar-refractivity contribution in [3.8, 4) is 0 Å². The summed E-state index contributed by atoms with van der Waals surface area (Å²) in [6.45, 7) is 1.97. The molecular formula is C10H14O2. The van der Waals surface area contributed by atoms with E-state index in [4.69, 9.17) is 4.74 Å². The van der Waals surface area contributed by atoms with Gasteiger partial charge in [0, 0.05) is 12.8 Å². The van der Waals surface area contributed by atoms with Gasteiger partial charge in [0.15, 0.2) is 11.4 Å². The molecule has 0 aromatic heterocycles. The van der Waals surface area contributed by atoms with E-state index in [1.807, 2.05) is 19.1 Å². The Balaban J connectivity index is 2.06. The monoisotopic (exact) mass is 166 g/mol. The minimum Gasteiger partial charge on any atom is -0.357 e. The van der Waals surface area contributed by atoms with Gasteiger partial charge in [0.25, 0.3) is 0 Å². The van der Waals surface area contributed by atoms with Crippen molar-refractivity contribution in [1.29, 1.82) is 0 Å². The minimum absolute atomic E-state index is 0.245. The average Bonchev–Trinajstić information content (AvgIpc) is 2.78. The van der Waals surface area contributed by atoms with E-state index in [2.05, 4.69) is 0 Å². The maximum atomic E-state index is 11.5. The van der Waals surface area contributed by atoms with Crippen molar-refractivity contribution in [3.05, 3.63) is 12.2 Å². The van der Waals surface area contributed by atoms with Crippen LogP contribution in [-0.2, 0) is 9.53 Å². The lowest BCUT2D eigenvalue weighted by molar-refractivity contribution is -0.124. The molecular weight excluding hydrogens is 152 g/mol. The van der Waals surface area contributed by atoms with Crippen molar-refractivity contribution in [2.24, 2.45) is 0 Å². The molecule has 1 heterocycles. The van der Waals surface area contributed by atoms with Crippen molar-refractivity contribution < 1.29 is 9.53 Å². The summed E-state index contributed by atoms with van der Waals surface area (Å²) in [5, 5.41) is 0. The topological polar surface area (TPSA) is 29.6 Å². The molecule has 2 rings (SSSR count). The van der Waals surface area contributed by atoms with Gasteiger partial charge in [-0.25, -0.2) is 0 Å². The number of carbonyl (C=O) groups is 1. The molecule has 2 atom stereocenters. The third-order valence-electron chi connectivity index (χ3n) is 2.81. The Hall–Kier alpha value is -0.630. The van der Waals surface area contributed by atoms with Crippen LogP contribution in [0, 0.1) is 0 Å². The summed E-state index contributed by atoms with van der Waals surface area (Å²) in [5.41, 5.74) is -0.370. The molecule has 0 radical (unpaired) electrons. The van der Waals surface area contributed by atoms with Crippen molar-refractivity contribution >= 4 is 5.78 Å². The molecule has 0 bridgehead atoms. The second kappa shape index (κ2) is 2.70. The van der Waals surface area contributed by atoms with Crippen LogP contribution in [0.4, 0.5) is 0 Å². The molecule has 2 nitrogen and oxygen atoms in total. The van der Waals surface area contributed by atoms with Crippen LogP contribution < -0.4 is 0 Å². The van der Waals surface area contributed by atoms with Gasteiger partial charge in [-0.2, -0.15) is 0 Å². The SMILES string of the molecule is C/C=C/C[C@@]12O[C@@H]1CCCC2=O. The van der Waals surface area contributed by atoms with Gasteiger partial charge in [-0.3, -0.25) is 4.79 Å². The Kier molecular flexibility index (Phi) is 1.80. The molecule has 0 aromatic rings. The smallest absolute Gasteiger partial charge is 0.167 e. The molecule has 2 heteroatoms. The summed E-state index contributed by atoms with van der Waals surface area (Å²) in [6, 6.07) is 0. The predicted octanol–water partition coefficient (Wildman–Crippen LogP) is 1.84. The number of hydrogen-bond acceptors (Lipinski definition) is 2. The number of hydrogen-bond donors (Lipinski definition) is 0. The van der Waals surface area contributed by atoms with Gasteiger partial charge in [0.1, 0.15) is 0 Å². The van der Waals surface area contributed by atoms with Gasteiger partial charge in [-0.15, -0.1) is 0 Å². The Bertz CT molecular complexity index is 232. The second-order valence-corrected chi connectivity index (χ2v) is 3.58. The third kappa shape index (κ3) is 1.02. The van der Waals surface area contributed by atoms with Crippen molar-refractivity contribution in [3.63, 3.8) is 0 Å². The maximum Gasteiger partial charge on any atom is 0.167 e. The van der Waals surface area contributed by atoms with Crippen molar-refractivity contribution in [2.45, 2.75) is 44.3 Å². The lowest BCUT2D eigenvalue weighted by Gasteiger charge is -2.13. The molecule has 0 unspecified atom stereocenters. The highest BCUT2D eigenvalue weighted by Gasteiger charge is 2.61. The lowest BCUT2D eigenvalue weighted by Crippen LogP contribution is -2.30. The Morgan fingerprint density at radius 2 is 2.58 bits per heavy atom. The molecule has 0 amide bonds. The Morgan fingerprint density at radius 1 is 1.75 bits per heavy atom. The van der Waals surface area contributed by atoms with Gasteiger partial charge in [0.05, 0.1) is 6.10 Å². The van der Waals surface area contributed by atoms with E-state index in [-0.39, 0.29) is 11.7 Å². The first-order valence-corrected chi connectivity index (χ1v) is 4.62. The molecule has 2 aliphatic rings. The Morgan fingerprint density at radius 3 is 3.25 bits per heavy atom. The fourth-order valence-electron chi connectivity index (χ4n) is 2.00. The molecule has 66 valence electrons. The normalized spacial score (nSPS) is 40.1. The molecule has 1 saturated carbocycles. The molecule has 1 saturated heterocycles. The van der Waals surface area contributed by atoms with E-state index in [0.717, 1.165) is 19.3 Å². The number of ketones is 1. The van der Waals surface area contributed by atoms with E-state index in [9.17, 15) is 4.79 Å². The summed E-state index contributed by atoms with van der Waals surface area (Å²) >= 11 is 0. The molecule has 2 fully saturated rings. The third-order valence-corrected chi connectivity index (χ3v) is 2.81. The zero-order valence-corrected chi connectivity index (χ0v) is 7.38. The van der Waals surface area contributed by atoms with Gasteiger partial charge < -0.3 is 4.74 Å². The molecule has 0 N–H and O–H groups in total. The van der Waals surface area contributed by atoms with E-state index >= 15 is 0 Å². The maximum absolute atomic E-state index is 11.5. The molecule has 12 heavy (non-hydrogen) atoms. The first kappa shape index (κ1) is 7.99. The highest BCUT2D eigenvalue weighted by atomic mass is 16.6. The summed E-state index contributed by atoms with van der Waals surface area (Å²) in [7, 11) is 0. The van der Waals surface area contributed by atoms with Crippen LogP contribution in [0.15, 0.2) is 12.2 Å². The number of Topliss-reactive ketones (excluding diaryl/α,β-unsaturated/α-hetero) is 1. The molecule has 1 aliphatic carbocycles. The van der Waals surface area contributed by atoms with Crippen LogP contribution in [-0.4, -0.2) is 17.5 Å². The highest BCUT2D eigenvalue weighted by Crippen LogP contribution is 2.47. The van der Waals surface area contributed by atoms with Crippen LogP contribution in [0.3, 0.4) is 0 Å². The Labute approximate surface area is 72.6 Å². The average molecular weight is 166 g/mol. The predicted molar refractivity (Wildman–Crippen MR) is 45.9 cm³/mol. The number of rotatable bonds is 2. The second-order valence-electron chi connectivity index (χ2n) is 3.58. The zero-order valence-electron chi connectivity index (χ0n) is 7.38. The molecule has 0 spiro atoms. The van der Waals surface area contributed by atoms with Crippen molar-refractivity contribution in [2.75, 3.05) is 0 Å². The van der Waals surface area contributed by atoms with Crippen LogP contribution in [0.1, 0.15) is 32.6 Å². The summed E-state index contributed by atoms with van der Waals surface area (Å²) in [5.74, 6) is 0.317. The number of allylic oxidation sites excluding steroid dienone is 1. The van der Waals surface area contributed by atoms with Gasteiger partial charge in [0.2, 0.25) is 0 Å². The first-order chi connectivity index (χ1) is 5.79. The van der Waals surface area contributed by atoms with E-state index in [1.54, 1.807) is 0 Å². The number of ether oxygens (including phenoxy) is 1. The van der Waals surface area contributed by atoms with Crippen LogP contribution in [0.25, 0.3) is 0 Å². The molecule has 1 aliphatic heterocycles. The number of carbonyl (C=O) groups excluding carboxylic acids is 1. The fourth-order valence-corrected chi connectivity index (χ4v) is 2.00.